The van der Waals surface area contributed by atoms with E-state index in [1.165, 1.54) is 6.08 Å². The van der Waals surface area contributed by atoms with Crippen molar-refractivity contribution in [2.75, 3.05) is 20.0 Å². The SMILES string of the molecule is CC(C)[C@H](NC(=O)/C=C/c1ccc2c(c1)OCO2)c1ccc2c(c1)OCCO2. The predicted octanol–water partition coefficient (Wildman–Crippen LogP) is 3.71. The van der Waals surface area contributed by atoms with Gasteiger partial charge in [0.1, 0.15) is 13.2 Å². The third kappa shape index (κ3) is 3.91. The summed E-state index contributed by atoms with van der Waals surface area (Å²) in [5.74, 6) is 2.93. The van der Waals surface area contributed by atoms with E-state index in [2.05, 4.69) is 19.2 Å². The third-order valence-electron chi connectivity index (χ3n) is 4.71. The number of hydrogen-bond acceptors (Lipinski definition) is 5. The molecule has 2 aliphatic heterocycles. The Morgan fingerprint density at radius 1 is 0.929 bits per heavy atom. The Hall–Kier alpha value is -3.15. The van der Waals surface area contributed by atoms with Gasteiger partial charge in [-0.05, 0) is 47.4 Å². The first-order valence-electron chi connectivity index (χ1n) is 9.38. The second kappa shape index (κ2) is 7.84. The molecular formula is C22H23NO5. The monoisotopic (exact) mass is 381 g/mol. The topological polar surface area (TPSA) is 66.0 Å². The van der Waals surface area contributed by atoms with Gasteiger partial charge in [-0.1, -0.05) is 26.0 Å². The smallest absolute Gasteiger partial charge is 0.244 e. The predicted molar refractivity (Wildman–Crippen MR) is 105 cm³/mol. The summed E-state index contributed by atoms with van der Waals surface area (Å²) in [7, 11) is 0. The zero-order valence-corrected chi connectivity index (χ0v) is 15.9. The van der Waals surface area contributed by atoms with Crippen LogP contribution in [0.5, 0.6) is 23.0 Å². The van der Waals surface area contributed by atoms with Crippen molar-refractivity contribution >= 4 is 12.0 Å². The van der Waals surface area contributed by atoms with Crippen molar-refractivity contribution in [2.24, 2.45) is 5.92 Å². The normalized spacial score (nSPS) is 15.7. The first kappa shape index (κ1) is 18.2. The molecule has 1 atom stereocenters. The van der Waals surface area contributed by atoms with E-state index in [4.69, 9.17) is 18.9 Å². The number of fused-ring (bicyclic) bond motifs is 2. The number of carbonyl (C=O) groups excluding carboxylic acids is 1. The van der Waals surface area contributed by atoms with Gasteiger partial charge in [0, 0.05) is 6.08 Å². The van der Waals surface area contributed by atoms with Gasteiger partial charge in [0.25, 0.3) is 0 Å². The minimum Gasteiger partial charge on any atom is -0.486 e. The standard InChI is InChI=1S/C22H23NO5/c1-14(2)22(16-5-7-17-20(12-16)26-10-9-25-17)23-21(24)8-4-15-3-6-18-19(11-15)28-13-27-18/h3-8,11-12,14,22H,9-10,13H2,1-2H3,(H,23,24)/b8-4+/t22-/m0/s1. The van der Waals surface area contributed by atoms with Crippen LogP contribution in [0.3, 0.4) is 0 Å². The fourth-order valence-corrected chi connectivity index (χ4v) is 3.28. The van der Waals surface area contributed by atoms with Crippen LogP contribution < -0.4 is 24.3 Å². The van der Waals surface area contributed by atoms with Gasteiger partial charge in [-0.25, -0.2) is 0 Å². The molecule has 2 aromatic rings. The van der Waals surface area contributed by atoms with E-state index in [0.717, 1.165) is 28.4 Å². The summed E-state index contributed by atoms with van der Waals surface area (Å²) in [4.78, 5) is 12.5. The Balaban J connectivity index is 1.46. The number of benzene rings is 2. The average Bonchev–Trinajstić information content (AvgIpc) is 3.18. The van der Waals surface area contributed by atoms with E-state index < -0.39 is 0 Å². The van der Waals surface area contributed by atoms with Crippen molar-refractivity contribution in [3.63, 3.8) is 0 Å². The molecule has 0 radical (unpaired) electrons. The summed E-state index contributed by atoms with van der Waals surface area (Å²) in [6.45, 7) is 5.47. The van der Waals surface area contributed by atoms with Crippen molar-refractivity contribution in [3.8, 4) is 23.0 Å². The second-order valence-corrected chi connectivity index (χ2v) is 7.08. The molecule has 4 rings (SSSR count). The van der Waals surface area contributed by atoms with E-state index in [-0.39, 0.29) is 24.7 Å². The number of ether oxygens (including phenoxy) is 4. The van der Waals surface area contributed by atoms with E-state index >= 15 is 0 Å². The van der Waals surface area contributed by atoms with Crippen molar-refractivity contribution in [3.05, 3.63) is 53.6 Å². The largest absolute Gasteiger partial charge is 0.486 e. The quantitative estimate of drug-likeness (QED) is 0.800. The van der Waals surface area contributed by atoms with Gasteiger partial charge >= 0.3 is 0 Å². The second-order valence-electron chi connectivity index (χ2n) is 7.08. The lowest BCUT2D eigenvalue weighted by atomic mass is 9.95. The molecule has 2 heterocycles. The molecule has 6 nitrogen and oxygen atoms in total. The maximum Gasteiger partial charge on any atom is 0.244 e. The number of carbonyl (C=O) groups is 1. The zero-order chi connectivity index (χ0) is 19.5. The van der Waals surface area contributed by atoms with Crippen LogP contribution in [-0.4, -0.2) is 25.9 Å². The van der Waals surface area contributed by atoms with Gasteiger partial charge in [-0.15, -0.1) is 0 Å². The van der Waals surface area contributed by atoms with Gasteiger partial charge < -0.3 is 24.3 Å². The number of nitrogens with one attached hydrogen (secondary N) is 1. The Morgan fingerprint density at radius 3 is 2.43 bits per heavy atom. The summed E-state index contributed by atoms with van der Waals surface area (Å²) in [5, 5.41) is 3.08. The fraction of sp³-hybridized carbons (Fsp3) is 0.318. The lowest BCUT2D eigenvalue weighted by molar-refractivity contribution is -0.117. The summed E-state index contributed by atoms with van der Waals surface area (Å²) < 4.78 is 21.9. The first-order chi connectivity index (χ1) is 13.6. The van der Waals surface area contributed by atoms with E-state index in [0.29, 0.717) is 19.0 Å². The molecule has 0 unspecified atom stereocenters. The average molecular weight is 381 g/mol. The van der Waals surface area contributed by atoms with Gasteiger partial charge in [-0.3, -0.25) is 4.79 Å². The molecule has 2 aromatic carbocycles. The molecule has 0 spiro atoms. The highest BCUT2D eigenvalue weighted by Gasteiger charge is 2.21. The van der Waals surface area contributed by atoms with Gasteiger partial charge in [-0.2, -0.15) is 0 Å². The molecule has 146 valence electrons. The fourth-order valence-electron chi connectivity index (χ4n) is 3.28. The van der Waals surface area contributed by atoms with Crippen molar-refractivity contribution in [1.82, 2.24) is 5.32 Å². The van der Waals surface area contributed by atoms with E-state index in [1.54, 1.807) is 6.08 Å². The maximum atomic E-state index is 12.5. The maximum absolute atomic E-state index is 12.5. The molecule has 0 aliphatic carbocycles. The van der Waals surface area contributed by atoms with Crippen LogP contribution in [0, 0.1) is 5.92 Å². The lowest BCUT2D eigenvalue weighted by Crippen LogP contribution is -2.30. The Bertz CT molecular complexity index is 906. The van der Waals surface area contributed by atoms with Crippen LogP contribution in [0.2, 0.25) is 0 Å². The zero-order valence-electron chi connectivity index (χ0n) is 15.9. The van der Waals surface area contributed by atoms with Crippen LogP contribution in [0.25, 0.3) is 6.08 Å². The highest BCUT2D eigenvalue weighted by Crippen LogP contribution is 2.35. The van der Waals surface area contributed by atoms with E-state index in [1.807, 2.05) is 36.4 Å². The van der Waals surface area contributed by atoms with E-state index in [9.17, 15) is 4.79 Å². The first-order valence-corrected chi connectivity index (χ1v) is 9.38. The molecule has 1 amide bonds. The summed E-state index contributed by atoms with van der Waals surface area (Å²) in [6, 6.07) is 11.3. The number of hydrogen-bond donors (Lipinski definition) is 1. The summed E-state index contributed by atoms with van der Waals surface area (Å²) in [6.07, 6.45) is 3.30. The molecule has 1 N–H and O–H groups in total. The molecule has 6 heteroatoms. The van der Waals surface area contributed by atoms with Crippen LogP contribution in [0.15, 0.2) is 42.5 Å². The lowest BCUT2D eigenvalue weighted by Gasteiger charge is -2.25. The molecule has 0 bridgehead atoms. The van der Waals surface area contributed by atoms with Crippen LogP contribution in [-0.2, 0) is 4.79 Å². The molecular weight excluding hydrogens is 358 g/mol. The molecule has 0 saturated heterocycles. The molecule has 28 heavy (non-hydrogen) atoms. The Labute approximate surface area is 164 Å². The number of amides is 1. The Kier molecular flexibility index (Phi) is 5.10. The minimum absolute atomic E-state index is 0.135. The Morgan fingerprint density at radius 2 is 1.61 bits per heavy atom. The highest BCUT2D eigenvalue weighted by atomic mass is 16.7. The van der Waals surface area contributed by atoms with Crippen molar-refractivity contribution < 1.29 is 23.7 Å². The van der Waals surface area contributed by atoms with Gasteiger partial charge in [0.15, 0.2) is 23.0 Å². The van der Waals surface area contributed by atoms with Crippen LogP contribution >= 0.6 is 0 Å². The van der Waals surface area contributed by atoms with Gasteiger partial charge in [0.2, 0.25) is 12.7 Å². The van der Waals surface area contributed by atoms with Crippen LogP contribution in [0.1, 0.15) is 31.0 Å². The van der Waals surface area contributed by atoms with Crippen molar-refractivity contribution in [2.45, 2.75) is 19.9 Å². The van der Waals surface area contributed by atoms with Crippen LogP contribution in [0.4, 0.5) is 0 Å². The molecule has 0 fully saturated rings. The molecule has 2 aliphatic rings. The van der Waals surface area contributed by atoms with Crippen molar-refractivity contribution in [1.29, 1.82) is 0 Å². The highest BCUT2D eigenvalue weighted by molar-refractivity contribution is 5.92. The molecule has 0 saturated carbocycles. The summed E-state index contributed by atoms with van der Waals surface area (Å²) in [5.41, 5.74) is 1.86. The summed E-state index contributed by atoms with van der Waals surface area (Å²) >= 11 is 0. The number of rotatable bonds is 5. The minimum atomic E-state index is -0.161. The molecule has 0 aromatic heterocycles. The van der Waals surface area contributed by atoms with Gasteiger partial charge in [0.05, 0.1) is 6.04 Å². The third-order valence-corrected chi connectivity index (χ3v) is 4.71.